The summed E-state index contributed by atoms with van der Waals surface area (Å²) in [6.45, 7) is 3.23. The number of nitro groups is 1. The van der Waals surface area contributed by atoms with Gasteiger partial charge in [0.1, 0.15) is 11.3 Å². The van der Waals surface area contributed by atoms with Gasteiger partial charge in [-0.1, -0.05) is 0 Å². The van der Waals surface area contributed by atoms with Crippen LogP contribution in [0.2, 0.25) is 0 Å². The van der Waals surface area contributed by atoms with E-state index in [9.17, 15) is 14.9 Å². The van der Waals surface area contributed by atoms with Crippen molar-refractivity contribution in [2.75, 3.05) is 7.11 Å². The van der Waals surface area contributed by atoms with Gasteiger partial charge in [0.05, 0.1) is 18.1 Å². The number of aliphatic carboxylic acids is 1. The maximum atomic E-state index is 10.9. The quantitative estimate of drug-likeness (QED) is 0.599. The fourth-order valence-electron chi connectivity index (χ4n) is 1.37. The molecule has 0 bridgehead atoms. The van der Waals surface area contributed by atoms with E-state index >= 15 is 0 Å². The van der Waals surface area contributed by atoms with Gasteiger partial charge in [0.15, 0.2) is 0 Å². The predicted molar refractivity (Wildman–Crippen MR) is 68.2 cm³/mol. The molecule has 19 heavy (non-hydrogen) atoms. The first-order chi connectivity index (χ1) is 8.76. The molecule has 0 aliphatic rings. The van der Waals surface area contributed by atoms with Gasteiger partial charge >= 0.3 is 5.97 Å². The highest BCUT2D eigenvalue weighted by Gasteiger charge is 2.26. The minimum absolute atomic E-state index is 0.0933. The Morgan fingerprint density at radius 1 is 1.47 bits per heavy atom. The average molecular weight is 268 g/mol. The van der Waals surface area contributed by atoms with Gasteiger partial charge in [0.25, 0.3) is 5.69 Å². The largest absolute Gasteiger partial charge is 0.496 e. The summed E-state index contributed by atoms with van der Waals surface area (Å²) in [5.41, 5.74) is -0.623. The number of rotatable bonds is 6. The lowest BCUT2D eigenvalue weighted by molar-refractivity contribution is -0.385. The predicted octanol–water partition coefficient (Wildman–Crippen LogP) is 1.56. The molecule has 1 aromatic rings. The highest BCUT2D eigenvalue weighted by Crippen LogP contribution is 2.22. The van der Waals surface area contributed by atoms with E-state index in [1.165, 1.54) is 33.1 Å². The van der Waals surface area contributed by atoms with E-state index in [1.807, 2.05) is 0 Å². The van der Waals surface area contributed by atoms with Crippen LogP contribution in [0.5, 0.6) is 5.75 Å². The molecule has 104 valence electrons. The molecule has 1 aromatic carbocycles. The molecule has 0 radical (unpaired) electrons. The standard InChI is InChI=1S/C12H16N2O5/c1-12(2,11(15)16)13-7-8-4-9(14(17)18)6-10(5-8)19-3/h4-6,13H,7H2,1-3H3,(H,15,16). The van der Waals surface area contributed by atoms with Crippen LogP contribution in [0.1, 0.15) is 19.4 Å². The van der Waals surface area contributed by atoms with Gasteiger partial charge < -0.3 is 9.84 Å². The third-order valence-corrected chi connectivity index (χ3v) is 2.67. The second-order valence-corrected chi connectivity index (χ2v) is 4.58. The summed E-state index contributed by atoms with van der Waals surface area (Å²) in [5.74, 6) is -0.635. The number of hydrogen-bond donors (Lipinski definition) is 2. The number of nitro benzene ring substituents is 1. The normalized spacial score (nSPS) is 11.1. The lowest BCUT2D eigenvalue weighted by Crippen LogP contribution is -2.46. The van der Waals surface area contributed by atoms with Crippen LogP contribution in [0.25, 0.3) is 0 Å². The zero-order valence-electron chi connectivity index (χ0n) is 11.0. The van der Waals surface area contributed by atoms with E-state index in [-0.39, 0.29) is 12.2 Å². The molecule has 0 saturated carbocycles. The number of ether oxygens (including phenoxy) is 1. The number of non-ortho nitro benzene ring substituents is 1. The maximum absolute atomic E-state index is 10.9. The third kappa shape index (κ3) is 3.92. The van der Waals surface area contributed by atoms with Crippen molar-refractivity contribution in [3.8, 4) is 5.75 Å². The Morgan fingerprint density at radius 2 is 2.11 bits per heavy atom. The summed E-state index contributed by atoms with van der Waals surface area (Å²) in [7, 11) is 1.41. The Hall–Kier alpha value is -2.15. The average Bonchev–Trinajstić information content (AvgIpc) is 2.35. The van der Waals surface area contributed by atoms with Crippen LogP contribution in [0.3, 0.4) is 0 Å². The number of carboxylic acids is 1. The highest BCUT2D eigenvalue weighted by atomic mass is 16.6. The number of hydrogen-bond acceptors (Lipinski definition) is 5. The minimum atomic E-state index is -1.11. The monoisotopic (exact) mass is 268 g/mol. The Kier molecular flexibility index (Phi) is 4.44. The topological polar surface area (TPSA) is 102 Å². The van der Waals surface area contributed by atoms with E-state index in [0.717, 1.165) is 0 Å². The lowest BCUT2D eigenvalue weighted by atomic mass is 10.1. The number of carboxylic acid groups (broad SMARTS) is 1. The smallest absolute Gasteiger partial charge is 0.323 e. The molecule has 0 spiro atoms. The van der Waals surface area contributed by atoms with E-state index in [4.69, 9.17) is 9.84 Å². The van der Waals surface area contributed by atoms with Crippen molar-refractivity contribution in [2.45, 2.75) is 25.9 Å². The molecule has 7 nitrogen and oxygen atoms in total. The van der Waals surface area contributed by atoms with Crippen molar-refractivity contribution >= 4 is 11.7 Å². The zero-order valence-corrected chi connectivity index (χ0v) is 11.0. The van der Waals surface area contributed by atoms with Crippen LogP contribution in [-0.4, -0.2) is 28.6 Å². The molecule has 0 aromatic heterocycles. The van der Waals surface area contributed by atoms with E-state index < -0.39 is 16.4 Å². The van der Waals surface area contributed by atoms with Gasteiger partial charge in [0, 0.05) is 12.6 Å². The van der Waals surface area contributed by atoms with Crippen molar-refractivity contribution < 1.29 is 19.6 Å². The van der Waals surface area contributed by atoms with Crippen molar-refractivity contribution in [1.29, 1.82) is 0 Å². The van der Waals surface area contributed by atoms with Crippen LogP contribution in [0.4, 0.5) is 5.69 Å². The fourth-order valence-corrected chi connectivity index (χ4v) is 1.37. The first kappa shape index (κ1) is 14.9. The molecular formula is C12H16N2O5. The summed E-state index contributed by atoms with van der Waals surface area (Å²) in [6, 6.07) is 4.32. The molecule has 0 saturated heterocycles. The van der Waals surface area contributed by atoms with Gasteiger partial charge in [0.2, 0.25) is 0 Å². The highest BCUT2D eigenvalue weighted by molar-refractivity contribution is 5.77. The third-order valence-electron chi connectivity index (χ3n) is 2.67. The summed E-state index contributed by atoms with van der Waals surface area (Å²) in [5, 5.41) is 22.5. The second kappa shape index (κ2) is 5.66. The molecular weight excluding hydrogens is 252 g/mol. The summed E-state index contributed by atoms with van der Waals surface area (Å²) in [6.07, 6.45) is 0. The van der Waals surface area contributed by atoms with E-state index in [2.05, 4.69) is 5.32 Å². The Balaban J connectivity index is 2.92. The first-order valence-electron chi connectivity index (χ1n) is 5.57. The Labute approximate surface area is 110 Å². The fraction of sp³-hybridized carbons (Fsp3) is 0.417. The van der Waals surface area contributed by atoms with Crippen molar-refractivity contribution in [2.24, 2.45) is 0 Å². The summed E-state index contributed by atoms with van der Waals surface area (Å²) >= 11 is 0. The van der Waals surface area contributed by atoms with E-state index in [0.29, 0.717) is 11.3 Å². The van der Waals surface area contributed by atoms with Crippen molar-refractivity contribution in [3.05, 3.63) is 33.9 Å². The number of carbonyl (C=O) groups is 1. The van der Waals surface area contributed by atoms with Crippen LogP contribution >= 0.6 is 0 Å². The molecule has 1 rings (SSSR count). The number of nitrogens with zero attached hydrogens (tertiary/aromatic N) is 1. The molecule has 0 aliphatic heterocycles. The Bertz CT molecular complexity index is 499. The summed E-state index contributed by atoms with van der Waals surface area (Å²) < 4.78 is 4.98. The van der Waals surface area contributed by atoms with Crippen LogP contribution in [0.15, 0.2) is 18.2 Å². The van der Waals surface area contributed by atoms with Gasteiger partial charge in [-0.2, -0.15) is 0 Å². The summed E-state index contributed by atoms with van der Waals surface area (Å²) in [4.78, 5) is 21.2. The second-order valence-electron chi connectivity index (χ2n) is 4.58. The van der Waals surface area contributed by atoms with Crippen molar-refractivity contribution in [3.63, 3.8) is 0 Å². The molecule has 0 heterocycles. The SMILES string of the molecule is COc1cc(CNC(C)(C)C(=O)O)cc([N+](=O)[O-])c1. The van der Waals surface area contributed by atoms with Crippen LogP contribution in [0, 0.1) is 10.1 Å². The molecule has 7 heteroatoms. The van der Waals surface area contributed by atoms with Gasteiger partial charge in [-0.15, -0.1) is 0 Å². The molecule has 0 amide bonds. The van der Waals surface area contributed by atoms with Crippen LogP contribution < -0.4 is 10.1 Å². The number of methoxy groups -OCH3 is 1. The first-order valence-corrected chi connectivity index (χ1v) is 5.57. The number of nitrogens with one attached hydrogen (secondary N) is 1. The molecule has 0 fully saturated rings. The minimum Gasteiger partial charge on any atom is -0.496 e. The molecule has 0 aliphatic carbocycles. The van der Waals surface area contributed by atoms with Gasteiger partial charge in [-0.05, 0) is 25.5 Å². The zero-order chi connectivity index (χ0) is 14.6. The molecule has 0 unspecified atom stereocenters. The molecule has 0 atom stereocenters. The molecule has 2 N–H and O–H groups in total. The van der Waals surface area contributed by atoms with E-state index in [1.54, 1.807) is 6.07 Å². The van der Waals surface area contributed by atoms with Crippen molar-refractivity contribution in [1.82, 2.24) is 5.32 Å². The number of benzene rings is 1. The van der Waals surface area contributed by atoms with Crippen LogP contribution in [-0.2, 0) is 11.3 Å². The van der Waals surface area contributed by atoms with Gasteiger partial charge in [-0.25, -0.2) is 0 Å². The maximum Gasteiger partial charge on any atom is 0.323 e. The Morgan fingerprint density at radius 3 is 2.58 bits per heavy atom. The lowest BCUT2D eigenvalue weighted by Gasteiger charge is -2.21. The van der Waals surface area contributed by atoms with Gasteiger partial charge in [-0.3, -0.25) is 20.2 Å².